The number of alkyl halides is 3. The number of aryl methyl sites for hydroxylation is 3. The first-order valence-electron chi connectivity index (χ1n) is 6.52. The molecule has 0 saturated heterocycles. The number of thiophene rings is 1. The third kappa shape index (κ3) is 2.69. The predicted octanol–water partition coefficient (Wildman–Crippen LogP) is 2.95. The van der Waals surface area contributed by atoms with Crippen LogP contribution in [0.4, 0.5) is 18.9 Å². The molecule has 3 rings (SSSR count). The fourth-order valence-corrected chi connectivity index (χ4v) is 3.24. The maximum atomic E-state index is 13.0. The SMILES string of the molecule is Cc1nn(C)cc1NC(=O)c1cc2c(C(F)(F)F)nn(C)c2s1. The molecule has 6 nitrogen and oxygen atoms in total. The van der Waals surface area contributed by atoms with Crippen molar-refractivity contribution in [2.75, 3.05) is 5.32 Å². The Bertz CT molecular complexity index is 905. The smallest absolute Gasteiger partial charge is 0.318 e. The molecule has 0 unspecified atom stereocenters. The predicted molar refractivity (Wildman–Crippen MR) is 79.5 cm³/mol. The van der Waals surface area contributed by atoms with Crippen LogP contribution < -0.4 is 5.32 Å². The third-order valence-electron chi connectivity index (χ3n) is 3.27. The highest BCUT2D eigenvalue weighted by atomic mass is 32.1. The zero-order valence-corrected chi connectivity index (χ0v) is 13.2. The van der Waals surface area contributed by atoms with Gasteiger partial charge in [-0.25, -0.2) is 0 Å². The van der Waals surface area contributed by atoms with Crippen LogP contribution in [0.3, 0.4) is 0 Å². The van der Waals surface area contributed by atoms with Crippen molar-refractivity contribution in [1.82, 2.24) is 19.6 Å². The summed E-state index contributed by atoms with van der Waals surface area (Å²) in [6, 6.07) is 1.22. The van der Waals surface area contributed by atoms with Crippen molar-refractivity contribution in [3.8, 4) is 0 Å². The van der Waals surface area contributed by atoms with Gasteiger partial charge in [-0.2, -0.15) is 23.4 Å². The maximum Gasteiger partial charge on any atom is 0.435 e. The number of nitrogens with one attached hydrogen (secondary N) is 1. The molecule has 3 aromatic heterocycles. The van der Waals surface area contributed by atoms with E-state index in [1.54, 1.807) is 24.9 Å². The molecule has 23 heavy (non-hydrogen) atoms. The highest BCUT2D eigenvalue weighted by molar-refractivity contribution is 7.20. The van der Waals surface area contributed by atoms with E-state index in [4.69, 9.17) is 0 Å². The van der Waals surface area contributed by atoms with E-state index in [-0.39, 0.29) is 10.3 Å². The quantitative estimate of drug-likeness (QED) is 0.778. The molecule has 0 saturated carbocycles. The summed E-state index contributed by atoms with van der Waals surface area (Å²) in [6.45, 7) is 1.73. The number of carbonyl (C=O) groups is 1. The average molecular weight is 343 g/mol. The lowest BCUT2D eigenvalue weighted by Gasteiger charge is -2.02. The molecule has 1 N–H and O–H groups in total. The van der Waals surface area contributed by atoms with Gasteiger partial charge < -0.3 is 5.32 Å². The lowest BCUT2D eigenvalue weighted by atomic mass is 10.2. The van der Waals surface area contributed by atoms with Gasteiger partial charge in [-0.1, -0.05) is 0 Å². The van der Waals surface area contributed by atoms with Crippen molar-refractivity contribution in [2.24, 2.45) is 14.1 Å². The summed E-state index contributed by atoms with van der Waals surface area (Å²) in [5.41, 5.74) is 0.159. The van der Waals surface area contributed by atoms with Gasteiger partial charge in [0.2, 0.25) is 0 Å². The summed E-state index contributed by atoms with van der Waals surface area (Å²) in [5, 5.41) is 10.2. The summed E-state index contributed by atoms with van der Waals surface area (Å²) in [5.74, 6) is -0.476. The van der Waals surface area contributed by atoms with Crippen molar-refractivity contribution in [1.29, 1.82) is 0 Å². The first-order valence-corrected chi connectivity index (χ1v) is 7.34. The minimum atomic E-state index is -4.56. The van der Waals surface area contributed by atoms with Gasteiger partial charge in [0.1, 0.15) is 4.83 Å². The number of amides is 1. The number of anilines is 1. The summed E-state index contributed by atoms with van der Waals surface area (Å²) in [7, 11) is 3.13. The second-order valence-corrected chi connectivity index (χ2v) is 6.09. The monoisotopic (exact) mass is 343 g/mol. The molecule has 0 bridgehead atoms. The van der Waals surface area contributed by atoms with Crippen LogP contribution in [0, 0.1) is 6.92 Å². The van der Waals surface area contributed by atoms with Gasteiger partial charge in [-0.05, 0) is 13.0 Å². The van der Waals surface area contributed by atoms with Gasteiger partial charge in [0, 0.05) is 25.7 Å². The first-order chi connectivity index (χ1) is 10.7. The molecule has 3 aromatic rings. The first kappa shape index (κ1) is 15.5. The number of halogens is 3. The maximum absolute atomic E-state index is 13.0. The van der Waals surface area contributed by atoms with Gasteiger partial charge >= 0.3 is 6.18 Å². The lowest BCUT2D eigenvalue weighted by molar-refractivity contribution is -0.140. The van der Waals surface area contributed by atoms with Crippen molar-refractivity contribution in [3.05, 3.63) is 28.5 Å². The number of nitrogens with zero attached hydrogens (tertiary/aromatic N) is 4. The largest absolute Gasteiger partial charge is 0.435 e. The van der Waals surface area contributed by atoms with E-state index < -0.39 is 17.8 Å². The van der Waals surface area contributed by atoms with Gasteiger partial charge in [-0.3, -0.25) is 14.2 Å². The molecule has 122 valence electrons. The highest BCUT2D eigenvalue weighted by Crippen LogP contribution is 2.37. The fourth-order valence-electron chi connectivity index (χ4n) is 2.27. The molecule has 3 heterocycles. The number of fused-ring (bicyclic) bond motifs is 1. The molecule has 0 radical (unpaired) electrons. The Hall–Kier alpha value is -2.36. The van der Waals surface area contributed by atoms with E-state index in [1.807, 2.05) is 0 Å². The van der Waals surface area contributed by atoms with Crippen molar-refractivity contribution < 1.29 is 18.0 Å². The lowest BCUT2D eigenvalue weighted by Crippen LogP contribution is -2.11. The minimum absolute atomic E-state index is 0.0712. The molecule has 0 spiro atoms. The van der Waals surface area contributed by atoms with E-state index in [0.717, 1.165) is 16.0 Å². The average Bonchev–Trinajstić information content (AvgIpc) is 3.05. The van der Waals surface area contributed by atoms with E-state index in [2.05, 4.69) is 15.5 Å². The summed E-state index contributed by atoms with van der Waals surface area (Å²) in [6.07, 6.45) is -2.93. The molecule has 1 amide bonds. The molecular weight excluding hydrogens is 331 g/mol. The van der Waals surface area contributed by atoms with E-state index in [0.29, 0.717) is 16.2 Å². The zero-order chi connectivity index (χ0) is 16.9. The molecule has 0 aliphatic carbocycles. The fraction of sp³-hybridized carbons (Fsp3) is 0.308. The Balaban J connectivity index is 1.97. The van der Waals surface area contributed by atoms with Crippen LogP contribution in [0.15, 0.2) is 12.3 Å². The van der Waals surface area contributed by atoms with Crippen LogP contribution in [0.5, 0.6) is 0 Å². The van der Waals surface area contributed by atoms with E-state index >= 15 is 0 Å². The minimum Gasteiger partial charge on any atom is -0.318 e. The number of aromatic nitrogens is 4. The Kier molecular flexibility index (Phi) is 3.43. The number of hydrogen-bond acceptors (Lipinski definition) is 4. The third-order valence-corrected chi connectivity index (χ3v) is 4.47. The topological polar surface area (TPSA) is 64.7 Å². The second-order valence-electron chi connectivity index (χ2n) is 5.06. The van der Waals surface area contributed by atoms with Crippen molar-refractivity contribution in [3.63, 3.8) is 0 Å². The van der Waals surface area contributed by atoms with Crippen molar-refractivity contribution in [2.45, 2.75) is 13.1 Å². The van der Waals surface area contributed by atoms with Crippen LogP contribution >= 0.6 is 11.3 Å². The van der Waals surface area contributed by atoms with Crippen LogP contribution in [-0.4, -0.2) is 25.5 Å². The molecule has 0 atom stereocenters. The van der Waals surface area contributed by atoms with Gasteiger partial charge in [0.05, 0.1) is 16.3 Å². The summed E-state index contributed by atoms with van der Waals surface area (Å²) in [4.78, 5) is 12.7. The molecule has 0 fully saturated rings. The second kappa shape index (κ2) is 5.08. The molecule has 0 aliphatic heterocycles. The summed E-state index contributed by atoms with van der Waals surface area (Å²) >= 11 is 0.962. The number of hydrogen-bond donors (Lipinski definition) is 1. The van der Waals surface area contributed by atoms with Gasteiger partial charge in [-0.15, -0.1) is 11.3 Å². The molecule has 0 aromatic carbocycles. The molecular formula is C13H12F3N5OS. The normalized spacial score (nSPS) is 12.1. The molecule has 0 aliphatic rings. The van der Waals surface area contributed by atoms with E-state index in [9.17, 15) is 18.0 Å². The highest BCUT2D eigenvalue weighted by Gasteiger charge is 2.37. The Morgan fingerprint density at radius 3 is 2.57 bits per heavy atom. The Morgan fingerprint density at radius 2 is 2.00 bits per heavy atom. The van der Waals surface area contributed by atoms with Crippen LogP contribution in [0.2, 0.25) is 0 Å². The standard InChI is InChI=1S/C13H12F3N5OS/c1-6-8(5-20(2)18-6)17-11(22)9-4-7-10(13(14,15)16)19-21(3)12(7)23-9/h4-5H,1-3H3,(H,17,22). The van der Waals surface area contributed by atoms with Crippen LogP contribution in [-0.2, 0) is 20.3 Å². The summed E-state index contributed by atoms with van der Waals surface area (Å²) < 4.78 is 41.6. The number of carbonyl (C=O) groups excluding carboxylic acids is 1. The van der Waals surface area contributed by atoms with Gasteiger partial charge in [0.25, 0.3) is 5.91 Å². The zero-order valence-electron chi connectivity index (χ0n) is 12.4. The molecule has 10 heteroatoms. The van der Waals surface area contributed by atoms with Gasteiger partial charge in [0.15, 0.2) is 5.69 Å². The van der Waals surface area contributed by atoms with Crippen LogP contribution in [0.1, 0.15) is 21.1 Å². The Morgan fingerprint density at radius 1 is 1.30 bits per heavy atom. The number of rotatable bonds is 2. The van der Waals surface area contributed by atoms with Crippen molar-refractivity contribution >= 4 is 33.1 Å². The Labute approximate surface area is 132 Å². The van der Waals surface area contributed by atoms with Crippen LogP contribution in [0.25, 0.3) is 10.2 Å². The van der Waals surface area contributed by atoms with E-state index in [1.165, 1.54) is 13.1 Å².